The molecule has 1 aliphatic rings. The third-order valence-corrected chi connectivity index (χ3v) is 2.83. The van der Waals surface area contributed by atoms with Gasteiger partial charge in [-0.2, -0.15) is 13.2 Å². The Morgan fingerprint density at radius 3 is 2.65 bits per heavy atom. The molecular formula is C10H17F3N2O2. The van der Waals surface area contributed by atoms with Crippen molar-refractivity contribution in [1.82, 2.24) is 9.80 Å². The molecule has 1 saturated heterocycles. The van der Waals surface area contributed by atoms with Crippen molar-refractivity contribution in [1.29, 1.82) is 0 Å². The normalized spacial score (nSPS) is 21.8. The number of hydrogen-bond donors (Lipinski definition) is 1. The molecule has 1 amide bonds. The molecule has 0 radical (unpaired) electrons. The first kappa shape index (κ1) is 14.2. The molecule has 1 aliphatic heterocycles. The van der Waals surface area contributed by atoms with Crippen molar-refractivity contribution in [2.75, 3.05) is 39.8 Å². The van der Waals surface area contributed by atoms with Gasteiger partial charge < -0.3 is 10.0 Å². The zero-order valence-electron chi connectivity index (χ0n) is 9.70. The fourth-order valence-electron chi connectivity index (χ4n) is 1.87. The Kier molecular flexibility index (Phi) is 4.76. The van der Waals surface area contributed by atoms with Gasteiger partial charge in [0.05, 0.1) is 6.54 Å². The summed E-state index contributed by atoms with van der Waals surface area (Å²) in [7, 11) is 1.15. The lowest BCUT2D eigenvalue weighted by molar-refractivity contribution is -0.158. The molecule has 1 atom stereocenters. The van der Waals surface area contributed by atoms with E-state index in [-0.39, 0.29) is 19.1 Å². The number of likely N-dealkylation sites (tertiary alicyclic amines) is 1. The van der Waals surface area contributed by atoms with Crippen molar-refractivity contribution in [2.24, 2.45) is 5.92 Å². The molecule has 4 nitrogen and oxygen atoms in total. The molecule has 1 unspecified atom stereocenters. The Morgan fingerprint density at radius 2 is 2.18 bits per heavy atom. The molecular weight excluding hydrogens is 237 g/mol. The van der Waals surface area contributed by atoms with Gasteiger partial charge in [0.2, 0.25) is 5.91 Å². The molecule has 0 aromatic carbocycles. The highest BCUT2D eigenvalue weighted by molar-refractivity contribution is 5.78. The van der Waals surface area contributed by atoms with Crippen molar-refractivity contribution >= 4 is 5.91 Å². The van der Waals surface area contributed by atoms with Gasteiger partial charge in [-0.15, -0.1) is 0 Å². The van der Waals surface area contributed by atoms with Gasteiger partial charge in [0.1, 0.15) is 6.54 Å². The minimum atomic E-state index is -4.36. The van der Waals surface area contributed by atoms with E-state index < -0.39 is 18.6 Å². The second-order valence-electron chi connectivity index (χ2n) is 4.44. The quantitative estimate of drug-likeness (QED) is 0.786. The fourth-order valence-corrected chi connectivity index (χ4v) is 1.87. The number of hydrogen-bond acceptors (Lipinski definition) is 3. The number of amides is 1. The lowest BCUT2D eigenvalue weighted by Crippen LogP contribution is -2.41. The zero-order chi connectivity index (χ0) is 13.1. The summed E-state index contributed by atoms with van der Waals surface area (Å²) in [5.41, 5.74) is 0. The van der Waals surface area contributed by atoms with Gasteiger partial charge in [-0.05, 0) is 18.9 Å². The van der Waals surface area contributed by atoms with Crippen molar-refractivity contribution in [3.63, 3.8) is 0 Å². The van der Waals surface area contributed by atoms with Crippen LogP contribution in [0, 0.1) is 5.92 Å². The molecule has 17 heavy (non-hydrogen) atoms. The van der Waals surface area contributed by atoms with Crippen LogP contribution in [0.4, 0.5) is 13.2 Å². The summed E-state index contributed by atoms with van der Waals surface area (Å²) in [6.45, 7) is 0.0498. The van der Waals surface area contributed by atoms with E-state index >= 15 is 0 Å². The molecule has 0 bridgehead atoms. The monoisotopic (exact) mass is 254 g/mol. The third-order valence-electron chi connectivity index (χ3n) is 2.83. The van der Waals surface area contributed by atoms with E-state index in [0.717, 1.165) is 13.5 Å². The number of rotatable bonds is 4. The van der Waals surface area contributed by atoms with E-state index in [2.05, 4.69) is 0 Å². The van der Waals surface area contributed by atoms with Crippen LogP contribution < -0.4 is 0 Å². The average molecular weight is 254 g/mol. The second kappa shape index (κ2) is 5.68. The second-order valence-corrected chi connectivity index (χ2v) is 4.44. The fraction of sp³-hybridized carbons (Fsp3) is 0.900. The zero-order valence-corrected chi connectivity index (χ0v) is 9.70. The maximum Gasteiger partial charge on any atom is 0.406 e. The van der Waals surface area contributed by atoms with Gasteiger partial charge in [-0.25, -0.2) is 0 Å². The maximum absolute atomic E-state index is 12.1. The first-order chi connectivity index (χ1) is 7.81. The van der Waals surface area contributed by atoms with Gasteiger partial charge in [-0.1, -0.05) is 0 Å². The van der Waals surface area contributed by atoms with Crippen LogP contribution >= 0.6 is 0 Å². The highest BCUT2D eigenvalue weighted by atomic mass is 19.4. The SMILES string of the molecule is CN(CC(F)(F)F)C(=O)CN1CCC(CO)C1. The summed E-state index contributed by atoms with van der Waals surface area (Å²) >= 11 is 0. The first-order valence-corrected chi connectivity index (χ1v) is 5.45. The number of nitrogens with zero attached hydrogens (tertiary/aromatic N) is 2. The number of aliphatic hydroxyl groups excluding tert-OH is 1. The van der Waals surface area contributed by atoms with Crippen molar-refractivity contribution in [3.8, 4) is 0 Å². The summed E-state index contributed by atoms with van der Waals surface area (Å²) in [6, 6.07) is 0. The molecule has 1 fully saturated rings. The minimum absolute atomic E-state index is 0.0108. The van der Waals surface area contributed by atoms with Crippen molar-refractivity contribution in [3.05, 3.63) is 0 Å². The largest absolute Gasteiger partial charge is 0.406 e. The molecule has 0 saturated carbocycles. The lowest BCUT2D eigenvalue weighted by atomic mass is 10.1. The van der Waals surface area contributed by atoms with E-state index in [0.29, 0.717) is 18.0 Å². The Hall–Kier alpha value is -0.820. The molecule has 0 spiro atoms. The van der Waals surface area contributed by atoms with Crippen LogP contribution in [-0.4, -0.2) is 66.8 Å². The number of aliphatic hydroxyl groups is 1. The highest BCUT2D eigenvalue weighted by Gasteiger charge is 2.32. The summed E-state index contributed by atoms with van der Waals surface area (Å²) in [5, 5.41) is 8.91. The van der Waals surface area contributed by atoms with Gasteiger partial charge in [0.15, 0.2) is 0 Å². The molecule has 1 rings (SSSR count). The summed E-state index contributed by atoms with van der Waals surface area (Å²) in [5.74, 6) is -0.406. The van der Waals surface area contributed by atoms with E-state index in [4.69, 9.17) is 5.11 Å². The molecule has 1 N–H and O–H groups in total. The number of halogens is 3. The number of alkyl halides is 3. The predicted molar refractivity (Wildman–Crippen MR) is 55.3 cm³/mol. The smallest absolute Gasteiger partial charge is 0.396 e. The van der Waals surface area contributed by atoms with Gasteiger partial charge in [0.25, 0.3) is 0 Å². The van der Waals surface area contributed by atoms with E-state index in [1.54, 1.807) is 4.90 Å². The molecule has 0 aliphatic carbocycles. The van der Waals surface area contributed by atoms with E-state index in [9.17, 15) is 18.0 Å². The first-order valence-electron chi connectivity index (χ1n) is 5.45. The summed E-state index contributed by atoms with van der Waals surface area (Å²) in [6.07, 6.45) is -3.57. The van der Waals surface area contributed by atoms with Crippen LogP contribution in [0.3, 0.4) is 0 Å². The van der Waals surface area contributed by atoms with E-state index in [1.807, 2.05) is 0 Å². The standard InChI is InChI=1S/C10H17F3N2O2/c1-14(7-10(11,12)13)9(17)5-15-3-2-8(4-15)6-16/h8,16H,2-7H2,1H3. The van der Waals surface area contributed by atoms with Crippen LogP contribution in [0.1, 0.15) is 6.42 Å². The Balaban J connectivity index is 2.34. The Labute approximate surface area is 98.0 Å². The molecule has 0 aromatic heterocycles. The molecule has 1 heterocycles. The average Bonchev–Trinajstić information content (AvgIpc) is 2.62. The summed E-state index contributed by atoms with van der Waals surface area (Å²) in [4.78, 5) is 14.0. The van der Waals surface area contributed by atoms with Crippen LogP contribution in [0.15, 0.2) is 0 Å². The molecule has 100 valence electrons. The van der Waals surface area contributed by atoms with Crippen LogP contribution in [0.25, 0.3) is 0 Å². The van der Waals surface area contributed by atoms with Crippen LogP contribution in [0.5, 0.6) is 0 Å². The number of carbonyl (C=O) groups excluding carboxylic acids is 1. The Bertz CT molecular complexity index is 271. The molecule has 0 aromatic rings. The minimum Gasteiger partial charge on any atom is -0.396 e. The number of carbonyl (C=O) groups is 1. The van der Waals surface area contributed by atoms with Crippen LogP contribution in [0.2, 0.25) is 0 Å². The summed E-state index contributed by atoms with van der Waals surface area (Å²) < 4.78 is 36.2. The molecule has 7 heteroatoms. The number of likely N-dealkylation sites (N-methyl/N-ethyl adjacent to an activating group) is 1. The lowest BCUT2D eigenvalue weighted by Gasteiger charge is -2.22. The van der Waals surface area contributed by atoms with Gasteiger partial charge >= 0.3 is 6.18 Å². The van der Waals surface area contributed by atoms with Crippen molar-refractivity contribution < 1.29 is 23.1 Å². The predicted octanol–water partition coefficient (Wildman–Crippen LogP) is 0.321. The highest BCUT2D eigenvalue weighted by Crippen LogP contribution is 2.17. The van der Waals surface area contributed by atoms with E-state index in [1.165, 1.54) is 0 Å². The maximum atomic E-state index is 12.1. The topological polar surface area (TPSA) is 43.8 Å². The van der Waals surface area contributed by atoms with Gasteiger partial charge in [-0.3, -0.25) is 9.69 Å². The Morgan fingerprint density at radius 1 is 1.53 bits per heavy atom. The van der Waals surface area contributed by atoms with Crippen LogP contribution in [-0.2, 0) is 4.79 Å². The van der Waals surface area contributed by atoms with Crippen molar-refractivity contribution in [2.45, 2.75) is 12.6 Å². The van der Waals surface area contributed by atoms with Gasteiger partial charge in [0, 0.05) is 20.2 Å². The third kappa shape index (κ3) is 4.91.